The molecule has 0 aliphatic carbocycles. The molecule has 15 heavy (non-hydrogen) atoms. The van der Waals surface area contributed by atoms with Crippen LogP contribution >= 0.6 is 15.9 Å². The summed E-state index contributed by atoms with van der Waals surface area (Å²) in [5.74, 6) is 0. The SMILES string of the molecule is CC(C)(CN)C(C)(F)c1cccc(Br)c1. The van der Waals surface area contributed by atoms with E-state index in [1.807, 2.05) is 26.0 Å². The van der Waals surface area contributed by atoms with Gasteiger partial charge in [-0.05, 0) is 24.6 Å². The zero-order valence-electron chi connectivity index (χ0n) is 9.35. The van der Waals surface area contributed by atoms with E-state index in [2.05, 4.69) is 15.9 Å². The normalized spacial score (nSPS) is 16.1. The minimum absolute atomic E-state index is 0.312. The molecule has 0 saturated carbocycles. The first-order chi connectivity index (χ1) is 6.81. The number of hydrogen-bond donors (Lipinski definition) is 1. The third-order valence-electron chi connectivity index (χ3n) is 3.15. The van der Waals surface area contributed by atoms with Crippen molar-refractivity contribution in [2.75, 3.05) is 6.54 Å². The molecule has 0 radical (unpaired) electrons. The van der Waals surface area contributed by atoms with Crippen LogP contribution < -0.4 is 5.73 Å². The summed E-state index contributed by atoms with van der Waals surface area (Å²) in [5.41, 5.74) is 4.27. The Kier molecular flexibility index (Phi) is 3.56. The first-order valence-electron chi connectivity index (χ1n) is 4.96. The summed E-state index contributed by atoms with van der Waals surface area (Å²) in [6, 6.07) is 7.32. The van der Waals surface area contributed by atoms with Crippen LogP contribution in [0, 0.1) is 5.41 Å². The molecule has 0 bridgehead atoms. The lowest BCUT2D eigenvalue weighted by molar-refractivity contribution is 0.0371. The molecule has 3 heteroatoms. The van der Waals surface area contributed by atoms with Crippen molar-refractivity contribution >= 4 is 15.9 Å². The van der Waals surface area contributed by atoms with E-state index in [1.165, 1.54) is 0 Å². The largest absolute Gasteiger partial charge is 0.330 e. The third kappa shape index (κ3) is 2.40. The Balaban J connectivity index is 3.16. The van der Waals surface area contributed by atoms with Crippen LogP contribution in [0.4, 0.5) is 4.39 Å². The van der Waals surface area contributed by atoms with Crippen molar-refractivity contribution in [1.82, 2.24) is 0 Å². The van der Waals surface area contributed by atoms with Crippen molar-refractivity contribution in [3.63, 3.8) is 0 Å². The van der Waals surface area contributed by atoms with Gasteiger partial charge in [0.1, 0.15) is 5.67 Å². The third-order valence-corrected chi connectivity index (χ3v) is 3.64. The van der Waals surface area contributed by atoms with Crippen molar-refractivity contribution in [2.24, 2.45) is 11.1 Å². The summed E-state index contributed by atoms with van der Waals surface area (Å²) in [6.45, 7) is 5.58. The summed E-state index contributed by atoms with van der Waals surface area (Å²) in [5, 5.41) is 0. The molecule has 0 spiro atoms. The van der Waals surface area contributed by atoms with E-state index in [0.717, 1.165) is 4.47 Å². The Hall–Kier alpha value is -0.410. The highest BCUT2D eigenvalue weighted by molar-refractivity contribution is 9.10. The quantitative estimate of drug-likeness (QED) is 0.895. The second-order valence-electron chi connectivity index (χ2n) is 4.60. The fraction of sp³-hybridized carbons (Fsp3) is 0.500. The molecule has 0 saturated heterocycles. The molecule has 1 aromatic rings. The molecule has 0 fully saturated rings. The summed E-state index contributed by atoms with van der Waals surface area (Å²) >= 11 is 3.35. The number of halogens is 2. The van der Waals surface area contributed by atoms with Gasteiger partial charge in [0.25, 0.3) is 0 Å². The molecule has 0 aliphatic heterocycles. The Morgan fingerprint density at radius 2 is 1.93 bits per heavy atom. The van der Waals surface area contributed by atoms with Crippen molar-refractivity contribution in [3.8, 4) is 0 Å². The van der Waals surface area contributed by atoms with Crippen LogP contribution in [0.2, 0.25) is 0 Å². The molecule has 0 heterocycles. The van der Waals surface area contributed by atoms with Crippen molar-refractivity contribution < 1.29 is 4.39 Å². The summed E-state index contributed by atoms with van der Waals surface area (Å²) in [6.07, 6.45) is 0. The Morgan fingerprint density at radius 3 is 2.40 bits per heavy atom. The van der Waals surface area contributed by atoms with Gasteiger partial charge >= 0.3 is 0 Å². The lowest BCUT2D eigenvalue weighted by atomic mass is 9.73. The van der Waals surface area contributed by atoms with Gasteiger partial charge in [0.05, 0.1) is 0 Å². The van der Waals surface area contributed by atoms with Gasteiger partial charge < -0.3 is 5.73 Å². The number of alkyl halides is 1. The summed E-state index contributed by atoms with van der Waals surface area (Å²) in [4.78, 5) is 0. The van der Waals surface area contributed by atoms with Gasteiger partial charge in [-0.1, -0.05) is 41.9 Å². The van der Waals surface area contributed by atoms with E-state index in [4.69, 9.17) is 5.73 Å². The van der Waals surface area contributed by atoms with Gasteiger partial charge in [0, 0.05) is 16.4 Å². The maximum atomic E-state index is 14.7. The first kappa shape index (κ1) is 12.7. The molecule has 2 N–H and O–H groups in total. The van der Waals surface area contributed by atoms with Crippen molar-refractivity contribution in [1.29, 1.82) is 0 Å². The Bertz CT molecular complexity index is 347. The van der Waals surface area contributed by atoms with Crippen molar-refractivity contribution in [3.05, 3.63) is 34.3 Å². The maximum Gasteiger partial charge on any atom is 0.139 e. The molecule has 0 aromatic heterocycles. The second kappa shape index (κ2) is 4.22. The van der Waals surface area contributed by atoms with Gasteiger partial charge in [-0.15, -0.1) is 0 Å². The number of benzene rings is 1. The second-order valence-corrected chi connectivity index (χ2v) is 5.52. The molecular formula is C12H17BrFN. The van der Waals surface area contributed by atoms with E-state index >= 15 is 0 Å². The maximum absolute atomic E-state index is 14.7. The summed E-state index contributed by atoms with van der Waals surface area (Å²) in [7, 11) is 0. The minimum atomic E-state index is -1.43. The molecule has 1 aromatic carbocycles. The molecular weight excluding hydrogens is 257 g/mol. The molecule has 0 aliphatic rings. The fourth-order valence-electron chi connectivity index (χ4n) is 1.36. The molecule has 1 unspecified atom stereocenters. The molecule has 1 rings (SSSR count). The molecule has 1 nitrogen and oxygen atoms in total. The Morgan fingerprint density at radius 1 is 1.33 bits per heavy atom. The lowest BCUT2D eigenvalue weighted by Crippen LogP contribution is -2.41. The smallest absolute Gasteiger partial charge is 0.139 e. The van der Waals surface area contributed by atoms with Gasteiger partial charge in [-0.3, -0.25) is 0 Å². The number of nitrogens with two attached hydrogens (primary N) is 1. The molecule has 84 valence electrons. The summed E-state index contributed by atoms with van der Waals surface area (Å²) < 4.78 is 15.6. The standard InChI is InChI=1S/C12H17BrFN/c1-11(2,8-15)12(3,14)9-5-4-6-10(13)7-9/h4-7H,8,15H2,1-3H3. The zero-order valence-corrected chi connectivity index (χ0v) is 10.9. The number of hydrogen-bond acceptors (Lipinski definition) is 1. The monoisotopic (exact) mass is 273 g/mol. The molecule has 1 atom stereocenters. The minimum Gasteiger partial charge on any atom is -0.330 e. The van der Waals surface area contributed by atoms with Gasteiger partial charge in [-0.2, -0.15) is 0 Å². The average Bonchev–Trinajstić information content (AvgIpc) is 2.17. The van der Waals surface area contributed by atoms with E-state index in [-0.39, 0.29) is 0 Å². The van der Waals surface area contributed by atoms with Crippen molar-refractivity contribution in [2.45, 2.75) is 26.4 Å². The van der Waals surface area contributed by atoms with E-state index in [9.17, 15) is 4.39 Å². The number of rotatable bonds is 3. The average molecular weight is 274 g/mol. The highest BCUT2D eigenvalue weighted by atomic mass is 79.9. The van der Waals surface area contributed by atoms with Crippen LogP contribution in [-0.4, -0.2) is 6.54 Å². The van der Waals surface area contributed by atoms with E-state index in [0.29, 0.717) is 12.1 Å². The Labute approximate surface area is 99.0 Å². The fourth-order valence-corrected chi connectivity index (χ4v) is 1.76. The van der Waals surface area contributed by atoms with Crippen LogP contribution in [0.3, 0.4) is 0 Å². The van der Waals surface area contributed by atoms with Gasteiger partial charge in [0.2, 0.25) is 0 Å². The topological polar surface area (TPSA) is 26.0 Å². The van der Waals surface area contributed by atoms with Gasteiger partial charge in [-0.25, -0.2) is 4.39 Å². The highest BCUT2D eigenvalue weighted by Gasteiger charge is 2.41. The van der Waals surface area contributed by atoms with Crippen LogP contribution in [0.1, 0.15) is 26.3 Å². The predicted octanol–water partition coefficient (Wildman–Crippen LogP) is 3.62. The first-order valence-corrected chi connectivity index (χ1v) is 5.75. The van der Waals surface area contributed by atoms with Crippen LogP contribution in [-0.2, 0) is 5.67 Å². The van der Waals surface area contributed by atoms with Crippen LogP contribution in [0.5, 0.6) is 0 Å². The van der Waals surface area contributed by atoms with E-state index in [1.54, 1.807) is 19.1 Å². The van der Waals surface area contributed by atoms with Gasteiger partial charge in [0.15, 0.2) is 0 Å². The lowest BCUT2D eigenvalue weighted by Gasteiger charge is -2.37. The highest BCUT2D eigenvalue weighted by Crippen LogP contribution is 2.42. The van der Waals surface area contributed by atoms with E-state index < -0.39 is 11.1 Å². The molecule has 0 amide bonds. The van der Waals surface area contributed by atoms with Crippen LogP contribution in [0.15, 0.2) is 28.7 Å². The predicted molar refractivity (Wildman–Crippen MR) is 65.4 cm³/mol. The zero-order chi connectivity index (χ0) is 11.7. The van der Waals surface area contributed by atoms with Crippen LogP contribution in [0.25, 0.3) is 0 Å².